The topological polar surface area (TPSA) is 77.3 Å². The maximum absolute atomic E-state index is 12.7. The zero-order chi connectivity index (χ0) is 19.4. The van der Waals surface area contributed by atoms with Gasteiger partial charge in [0.25, 0.3) is 0 Å². The minimum absolute atomic E-state index is 0.00684. The van der Waals surface area contributed by atoms with Gasteiger partial charge < -0.3 is 9.30 Å². The van der Waals surface area contributed by atoms with Crippen molar-refractivity contribution in [2.75, 3.05) is 25.4 Å². The fourth-order valence-electron chi connectivity index (χ4n) is 4.11. The molecule has 0 aliphatic carbocycles. The molecule has 28 heavy (non-hydrogen) atoms. The molecule has 0 N–H and O–H groups in total. The van der Waals surface area contributed by atoms with E-state index in [2.05, 4.69) is 14.8 Å². The Bertz CT molecular complexity index is 874. The predicted octanol–water partition coefficient (Wildman–Crippen LogP) is 2.59. The second-order valence-electron chi connectivity index (χ2n) is 7.59. The molecule has 1 saturated heterocycles. The number of rotatable bonds is 6. The van der Waals surface area contributed by atoms with E-state index >= 15 is 0 Å². The summed E-state index contributed by atoms with van der Waals surface area (Å²) < 4.78 is 34.8. The van der Waals surface area contributed by atoms with Crippen LogP contribution in [0.15, 0.2) is 30.3 Å². The van der Waals surface area contributed by atoms with Gasteiger partial charge in [-0.2, -0.15) is 0 Å². The average molecular weight is 405 g/mol. The molecule has 2 aliphatic heterocycles. The Balaban J connectivity index is 1.31. The number of aromatic nitrogens is 3. The zero-order valence-electron chi connectivity index (χ0n) is 16.2. The molecule has 1 aromatic carbocycles. The number of nitrogens with zero attached hydrogens (tertiary/aromatic N) is 4. The van der Waals surface area contributed by atoms with Crippen LogP contribution in [0.25, 0.3) is 0 Å². The molecule has 0 saturated carbocycles. The van der Waals surface area contributed by atoms with Gasteiger partial charge in [0, 0.05) is 32.0 Å². The van der Waals surface area contributed by atoms with E-state index in [-0.39, 0.29) is 12.4 Å². The molecule has 0 amide bonds. The van der Waals surface area contributed by atoms with Crippen molar-refractivity contribution in [2.45, 2.75) is 51.0 Å². The van der Waals surface area contributed by atoms with E-state index in [0.717, 1.165) is 37.5 Å². The van der Waals surface area contributed by atoms with Crippen LogP contribution in [0.4, 0.5) is 0 Å². The van der Waals surface area contributed by atoms with E-state index in [1.54, 1.807) is 4.31 Å². The Morgan fingerprint density at radius 1 is 1.00 bits per heavy atom. The lowest BCUT2D eigenvalue weighted by atomic mass is 9.97. The summed E-state index contributed by atoms with van der Waals surface area (Å²) in [7, 11) is -3.30. The van der Waals surface area contributed by atoms with Crippen LogP contribution in [0.3, 0.4) is 0 Å². The van der Waals surface area contributed by atoms with Gasteiger partial charge in [-0.05, 0) is 37.8 Å². The summed E-state index contributed by atoms with van der Waals surface area (Å²) in [5.41, 5.74) is 0. The van der Waals surface area contributed by atoms with Crippen molar-refractivity contribution < 1.29 is 13.2 Å². The fourth-order valence-corrected chi connectivity index (χ4v) is 5.43. The summed E-state index contributed by atoms with van der Waals surface area (Å²) in [6.45, 7) is 2.25. The molecule has 0 spiro atoms. The van der Waals surface area contributed by atoms with Gasteiger partial charge in [-0.1, -0.05) is 24.6 Å². The van der Waals surface area contributed by atoms with Gasteiger partial charge in [0.15, 0.2) is 0 Å². The summed E-state index contributed by atoms with van der Waals surface area (Å²) in [6, 6.07) is 9.32. The lowest BCUT2D eigenvalue weighted by molar-refractivity contribution is 0.300. The minimum atomic E-state index is -3.30. The van der Waals surface area contributed by atoms with Crippen molar-refractivity contribution in [3.63, 3.8) is 0 Å². The van der Waals surface area contributed by atoms with Crippen molar-refractivity contribution in [3.05, 3.63) is 42.0 Å². The smallest absolute Gasteiger partial charge is 0.217 e. The summed E-state index contributed by atoms with van der Waals surface area (Å²) in [5.74, 6) is 3.16. The molecule has 2 aliphatic rings. The number of ether oxygens (including phenoxy) is 1. The van der Waals surface area contributed by atoms with Gasteiger partial charge in [-0.3, -0.25) is 0 Å². The molecule has 0 bridgehead atoms. The highest BCUT2D eigenvalue weighted by atomic mass is 32.2. The number of fused-ring (bicyclic) bond motifs is 1. The molecule has 0 unspecified atom stereocenters. The minimum Gasteiger partial charge on any atom is -0.492 e. The normalized spacial score (nSPS) is 19.1. The Labute approximate surface area is 166 Å². The molecular formula is C20H28N4O3S. The maximum Gasteiger partial charge on any atom is 0.217 e. The Hall–Kier alpha value is -1.93. The van der Waals surface area contributed by atoms with Crippen LogP contribution in [0.1, 0.15) is 49.7 Å². The van der Waals surface area contributed by atoms with Gasteiger partial charge in [-0.25, -0.2) is 12.7 Å². The Morgan fingerprint density at radius 2 is 1.79 bits per heavy atom. The molecule has 1 fully saturated rings. The highest BCUT2D eigenvalue weighted by molar-refractivity contribution is 7.89. The summed E-state index contributed by atoms with van der Waals surface area (Å²) in [4.78, 5) is 0. The standard InChI is InChI=1S/C20H28N4O3S/c25-28(26,16-15-27-18-7-3-1-4-8-18)23-13-10-17(11-14-23)20-22-21-19-9-5-2-6-12-24(19)20/h1,3-4,7-8,17H,2,5-6,9-16H2. The number of hydrogen-bond donors (Lipinski definition) is 0. The van der Waals surface area contributed by atoms with Gasteiger partial charge in [0.2, 0.25) is 10.0 Å². The summed E-state index contributed by atoms with van der Waals surface area (Å²) in [5, 5.41) is 8.85. The van der Waals surface area contributed by atoms with Gasteiger partial charge in [-0.15, -0.1) is 10.2 Å². The highest BCUT2D eigenvalue weighted by Crippen LogP contribution is 2.30. The van der Waals surface area contributed by atoms with Crippen LogP contribution in [-0.2, 0) is 23.0 Å². The molecule has 152 valence electrons. The number of hydrogen-bond acceptors (Lipinski definition) is 5. The second kappa shape index (κ2) is 8.61. The van der Waals surface area contributed by atoms with Crippen LogP contribution in [0, 0.1) is 0 Å². The lowest BCUT2D eigenvalue weighted by Crippen LogP contribution is -2.40. The van der Waals surface area contributed by atoms with Crippen LogP contribution in [0.2, 0.25) is 0 Å². The lowest BCUT2D eigenvalue weighted by Gasteiger charge is -2.31. The zero-order valence-corrected chi connectivity index (χ0v) is 17.0. The van der Waals surface area contributed by atoms with E-state index < -0.39 is 10.0 Å². The maximum atomic E-state index is 12.7. The van der Waals surface area contributed by atoms with Crippen molar-refractivity contribution in [3.8, 4) is 5.75 Å². The summed E-state index contributed by atoms with van der Waals surface area (Å²) >= 11 is 0. The van der Waals surface area contributed by atoms with Gasteiger partial charge >= 0.3 is 0 Å². The predicted molar refractivity (Wildman–Crippen MR) is 107 cm³/mol. The third-order valence-electron chi connectivity index (χ3n) is 5.70. The SMILES string of the molecule is O=S(=O)(CCOc1ccccc1)N1CCC(c2nnc3n2CCCCC3)CC1. The third-order valence-corrected chi connectivity index (χ3v) is 7.54. The fraction of sp³-hybridized carbons (Fsp3) is 0.600. The van der Waals surface area contributed by atoms with E-state index in [1.165, 1.54) is 19.3 Å². The molecule has 4 rings (SSSR count). The first-order valence-corrected chi connectivity index (χ1v) is 11.8. The second-order valence-corrected chi connectivity index (χ2v) is 9.68. The van der Waals surface area contributed by atoms with Crippen LogP contribution in [0.5, 0.6) is 5.75 Å². The molecule has 8 heteroatoms. The molecule has 3 heterocycles. The van der Waals surface area contributed by atoms with E-state index in [4.69, 9.17) is 4.74 Å². The van der Waals surface area contributed by atoms with E-state index in [1.807, 2.05) is 30.3 Å². The Morgan fingerprint density at radius 3 is 2.57 bits per heavy atom. The van der Waals surface area contributed by atoms with Gasteiger partial charge in [0.1, 0.15) is 24.0 Å². The van der Waals surface area contributed by atoms with Crippen LogP contribution >= 0.6 is 0 Å². The quantitative estimate of drug-likeness (QED) is 0.740. The molecule has 0 radical (unpaired) electrons. The number of aryl methyl sites for hydroxylation is 1. The first-order valence-electron chi connectivity index (χ1n) is 10.2. The van der Waals surface area contributed by atoms with Crippen molar-refractivity contribution in [2.24, 2.45) is 0 Å². The summed E-state index contributed by atoms with van der Waals surface area (Å²) in [6.07, 6.45) is 6.20. The van der Waals surface area contributed by atoms with Crippen LogP contribution in [-0.4, -0.2) is 52.9 Å². The first-order chi connectivity index (χ1) is 13.6. The monoisotopic (exact) mass is 404 g/mol. The largest absolute Gasteiger partial charge is 0.492 e. The number of para-hydroxylation sites is 1. The Kier molecular flexibility index (Phi) is 5.96. The van der Waals surface area contributed by atoms with Crippen molar-refractivity contribution >= 4 is 10.0 Å². The molecule has 2 aromatic rings. The van der Waals surface area contributed by atoms with E-state index in [9.17, 15) is 8.42 Å². The number of piperidine rings is 1. The molecule has 7 nitrogen and oxygen atoms in total. The number of benzene rings is 1. The first kappa shape index (κ1) is 19.4. The van der Waals surface area contributed by atoms with Crippen LogP contribution < -0.4 is 4.74 Å². The van der Waals surface area contributed by atoms with Gasteiger partial charge in [0.05, 0.1) is 5.75 Å². The third kappa shape index (κ3) is 4.38. The molecule has 1 aromatic heterocycles. The highest BCUT2D eigenvalue weighted by Gasteiger charge is 2.31. The van der Waals surface area contributed by atoms with E-state index in [0.29, 0.717) is 24.8 Å². The molecule has 0 atom stereocenters. The van der Waals surface area contributed by atoms with Crippen molar-refractivity contribution in [1.82, 2.24) is 19.1 Å². The number of sulfonamides is 1. The average Bonchev–Trinajstić information content (AvgIpc) is 2.97. The van der Waals surface area contributed by atoms with Crippen molar-refractivity contribution in [1.29, 1.82) is 0 Å². The molecular weight excluding hydrogens is 376 g/mol.